The summed E-state index contributed by atoms with van der Waals surface area (Å²) < 4.78 is 28.8. The lowest BCUT2D eigenvalue weighted by Crippen LogP contribution is -2.49. The second-order valence-corrected chi connectivity index (χ2v) is 8.25. The van der Waals surface area contributed by atoms with Crippen LogP contribution in [0.3, 0.4) is 0 Å². The molecule has 1 atom stereocenters. The van der Waals surface area contributed by atoms with Crippen LogP contribution in [0.1, 0.15) is 40.0 Å². The predicted octanol–water partition coefficient (Wildman–Crippen LogP) is 0.932. The van der Waals surface area contributed by atoms with Gasteiger partial charge in [0.15, 0.2) is 9.84 Å². The van der Waals surface area contributed by atoms with Crippen LogP contribution in [0.5, 0.6) is 0 Å². The summed E-state index contributed by atoms with van der Waals surface area (Å²) in [7, 11) is -3.51. The number of carboxylic acids is 1. The monoisotopic (exact) mass is 307 g/mol. The van der Waals surface area contributed by atoms with Gasteiger partial charge in [-0.05, 0) is 33.6 Å². The van der Waals surface area contributed by atoms with Gasteiger partial charge in [0.1, 0.15) is 11.6 Å². The summed E-state index contributed by atoms with van der Waals surface area (Å²) in [6.07, 6.45) is 1.01. The van der Waals surface area contributed by atoms with Gasteiger partial charge in [-0.25, -0.2) is 18.0 Å². The van der Waals surface area contributed by atoms with E-state index in [2.05, 4.69) is 5.32 Å². The number of carbonyl (C=O) groups is 2. The molecule has 1 amide bonds. The molecule has 116 valence electrons. The van der Waals surface area contributed by atoms with Crippen LogP contribution >= 0.6 is 0 Å². The summed E-state index contributed by atoms with van der Waals surface area (Å²) in [4.78, 5) is 22.6. The number of carboxylic acid groups (broad SMARTS) is 1. The molecule has 0 spiro atoms. The molecular formula is C12H21NO6S. The van der Waals surface area contributed by atoms with Crippen molar-refractivity contribution >= 4 is 21.9 Å². The summed E-state index contributed by atoms with van der Waals surface area (Å²) in [5.74, 6) is -1.99. The molecule has 0 aromatic rings. The zero-order chi connectivity index (χ0) is 15.6. The minimum Gasteiger partial charge on any atom is -0.480 e. The highest BCUT2D eigenvalue weighted by Gasteiger charge is 2.36. The van der Waals surface area contributed by atoms with Crippen LogP contribution in [0.4, 0.5) is 4.79 Å². The van der Waals surface area contributed by atoms with E-state index in [-0.39, 0.29) is 0 Å². The summed E-state index contributed by atoms with van der Waals surface area (Å²) in [6.45, 7) is 4.90. The number of rotatable bonds is 5. The number of nitrogens with one attached hydrogen (secondary N) is 1. The summed E-state index contributed by atoms with van der Waals surface area (Å²) in [6, 6.07) is -1.49. The van der Waals surface area contributed by atoms with Crippen LogP contribution in [-0.4, -0.2) is 48.2 Å². The van der Waals surface area contributed by atoms with Gasteiger partial charge in [-0.1, -0.05) is 6.42 Å². The first-order chi connectivity index (χ1) is 9.01. The molecule has 20 heavy (non-hydrogen) atoms. The molecule has 0 radical (unpaired) electrons. The van der Waals surface area contributed by atoms with Gasteiger partial charge in [0.25, 0.3) is 0 Å². The average molecular weight is 307 g/mol. The lowest BCUT2D eigenvalue weighted by atomic mass is 10.00. The smallest absolute Gasteiger partial charge is 0.408 e. The highest BCUT2D eigenvalue weighted by molar-refractivity contribution is 7.92. The number of ether oxygens (including phenoxy) is 1. The van der Waals surface area contributed by atoms with E-state index in [0.717, 1.165) is 6.42 Å². The minimum absolute atomic E-state index is 0.482. The van der Waals surface area contributed by atoms with Crippen LogP contribution < -0.4 is 5.32 Å². The SMILES string of the molecule is CC(C)(C)OC(=O)N[C@@H](CS(=O)(=O)C1CCC1)C(=O)O. The Balaban J connectivity index is 2.65. The van der Waals surface area contributed by atoms with Gasteiger partial charge < -0.3 is 15.2 Å². The van der Waals surface area contributed by atoms with Crippen molar-refractivity contribution in [2.75, 3.05) is 5.75 Å². The highest BCUT2D eigenvalue weighted by Crippen LogP contribution is 2.27. The van der Waals surface area contributed by atoms with Gasteiger partial charge >= 0.3 is 12.1 Å². The number of hydrogen-bond donors (Lipinski definition) is 2. The minimum atomic E-state index is -3.51. The molecule has 1 saturated carbocycles. The van der Waals surface area contributed by atoms with Gasteiger partial charge in [0.05, 0.1) is 11.0 Å². The molecule has 0 heterocycles. The van der Waals surface area contributed by atoms with Crippen molar-refractivity contribution in [2.45, 2.75) is 56.9 Å². The van der Waals surface area contributed by atoms with Crippen molar-refractivity contribution in [3.8, 4) is 0 Å². The first kappa shape index (κ1) is 16.7. The van der Waals surface area contributed by atoms with E-state index < -0.39 is 44.5 Å². The Labute approximate surface area is 118 Å². The van der Waals surface area contributed by atoms with E-state index in [1.165, 1.54) is 0 Å². The number of sulfone groups is 1. The van der Waals surface area contributed by atoms with Crippen molar-refractivity contribution in [3.63, 3.8) is 0 Å². The fourth-order valence-corrected chi connectivity index (χ4v) is 3.74. The lowest BCUT2D eigenvalue weighted by Gasteiger charge is -2.27. The van der Waals surface area contributed by atoms with Crippen molar-refractivity contribution in [3.05, 3.63) is 0 Å². The van der Waals surface area contributed by atoms with E-state index in [1.807, 2.05) is 0 Å². The Morgan fingerprint density at radius 3 is 2.25 bits per heavy atom. The fourth-order valence-electron chi connectivity index (χ4n) is 1.72. The third-order valence-electron chi connectivity index (χ3n) is 2.95. The maximum absolute atomic E-state index is 11.9. The number of hydrogen-bond acceptors (Lipinski definition) is 5. The zero-order valence-electron chi connectivity index (χ0n) is 11.9. The van der Waals surface area contributed by atoms with Crippen molar-refractivity contribution in [1.82, 2.24) is 5.32 Å². The molecule has 7 nitrogen and oxygen atoms in total. The molecule has 1 fully saturated rings. The van der Waals surface area contributed by atoms with E-state index in [9.17, 15) is 18.0 Å². The van der Waals surface area contributed by atoms with Gasteiger partial charge in [0, 0.05) is 0 Å². The number of alkyl carbamates (subject to hydrolysis) is 1. The molecule has 0 saturated heterocycles. The van der Waals surface area contributed by atoms with E-state index >= 15 is 0 Å². The Morgan fingerprint density at radius 2 is 1.90 bits per heavy atom. The van der Waals surface area contributed by atoms with Crippen LogP contribution in [-0.2, 0) is 19.4 Å². The molecule has 0 aromatic heterocycles. The highest BCUT2D eigenvalue weighted by atomic mass is 32.2. The third-order valence-corrected chi connectivity index (χ3v) is 5.23. The molecule has 0 aromatic carbocycles. The van der Waals surface area contributed by atoms with Gasteiger partial charge in [-0.3, -0.25) is 0 Å². The fraction of sp³-hybridized carbons (Fsp3) is 0.833. The number of carbonyl (C=O) groups excluding carboxylic acids is 1. The van der Waals surface area contributed by atoms with Gasteiger partial charge in [-0.2, -0.15) is 0 Å². The van der Waals surface area contributed by atoms with E-state index in [1.54, 1.807) is 20.8 Å². The zero-order valence-corrected chi connectivity index (χ0v) is 12.7. The van der Waals surface area contributed by atoms with Crippen molar-refractivity contribution < 1.29 is 27.9 Å². The van der Waals surface area contributed by atoms with Crippen LogP contribution in [0.2, 0.25) is 0 Å². The Morgan fingerprint density at radius 1 is 1.35 bits per heavy atom. The maximum Gasteiger partial charge on any atom is 0.408 e. The molecule has 2 N–H and O–H groups in total. The second kappa shape index (κ2) is 5.99. The first-order valence-corrected chi connectivity index (χ1v) is 8.17. The quantitative estimate of drug-likeness (QED) is 0.782. The number of amides is 1. The largest absolute Gasteiger partial charge is 0.480 e. The molecule has 0 aliphatic heterocycles. The Bertz CT molecular complexity index is 475. The molecule has 1 aliphatic rings. The molecular weight excluding hydrogens is 286 g/mol. The van der Waals surface area contributed by atoms with E-state index in [0.29, 0.717) is 12.8 Å². The summed E-state index contributed by atoms with van der Waals surface area (Å²) in [5, 5.41) is 10.6. The molecule has 0 unspecified atom stereocenters. The van der Waals surface area contributed by atoms with Gasteiger partial charge in [0.2, 0.25) is 0 Å². The summed E-state index contributed by atoms with van der Waals surface area (Å²) in [5.41, 5.74) is -0.778. The number of aliphatic carboxylic acids is 1. The maximum atomic E-state index is 11.9. The topological polar surface area (TPSA) is 110 Å². The molecule has 1 rings (SSSR count). The third kappa shape index (κ3) is 4.99. The molecule has 0 bridgehead atoms. The molecule has 8 heteroatoms. The Hall–Kier alpha value is -1.31. The van der Waals surface area contributed by atoms with Crippen LogP contribution in [0.25, 0.3) is 0 Å². The lowest BCUT2D eigenvalue weighted by molar-refractivity contribution is -0.138. The first-order valence-electron chi connectivity index (χ1n) is 6.45. The predicted molar refractivity (Wildman–Crippen MR) is 72.2 cm³/mol. The van der Waals surface area contributed by atoms with Crippen molar-refractivity contribution in [1.29, 1.82) is 0 Å². The summed E-state index contributed by atoms with van der Waals surface area (Å²) >= 11 is 0. The van der Waals surface area contributed by atoms with Gasteiger partial charge in [-0.15, -0.1) is 0 Å². The van der Waals surface area contributed by atoms with Crippen LogP contribution in [0.15, 0.2) is 0 Å². The van der Waals surface area contributed by atoms with Crippen molar-refractivity contribution in [2.24, 2.45) is 0 Å². The second-order valence-electron chi connectivity index (χ2n) is 5.92. The van der Waals surface area contributed by atoms with Crippen LogP contribution in [0, 0.1) is 0 Å². The Kier molecular flexibility index (Phi) is 5.01. The average Bonchev–Trinajstić information content (AvgIpc) is 2.08. The molecule has 1 aliphatic carbocycles. The standard InChI is InChI=1S/C12H21NO6S/c1-12(2,3)19-11(16)13-9(10(14)15)7-20(17,18)8-5-4-6-8/h8-9H,4-7H2,1-3H3,(H,13,16)(H,14,15)/t9-/m0/s1. The van der Waals surface area contributed by atoms with E-state index in [4.69, 9.17) is 9.84 Å². The normalized spacial score (nSPS) is 17.9.